The Balaban J connectivity index is 2.84. The van der Waals surface area contributed by atoms with Crippen LogP contribution in [-0.2, 0) is 0 Å². The van der Waals surface area contributed by atoms with Crippen LogP contribution in [0.15, 0.2) is 24.3 Å². The zero-order chi connectivity index (χ0) is 11.4. The van der Waals surface area contributed by atoms with Gasteiger partial charge in [-0.3, -0.25) is 10.1 Å². The molecule has 0 fully saturated rings. The highest BCUT2D eigenvalue weighted by Crippen LogP contribution is 2.23. The first-order valence-corrected chi connectivity index (χ1v) is 4.59. The molecule has 1 aromatic rings. The average Bonchev–Trinajstić information content (AvgIpc) is 2.27. The summed E-state index contributed by atoms with van der Waals surface area (Å²) in [5, 5.41) is 28.9. The number of nitro benzene ring substituents is 1. The Morgan fingerprint density at radius 3 is 2.33 bits per heavy atom. The number of nitro groups is 1. The Morgan fingerprint density at radius 1 is 1.40 bits per heavy atom. The lowest BCUT2D eigenvalue weighted by Crippen LogP contribution is -2.12. The van der Waals surface area contributed by atoms with Crippen LogP contribution in [0.4, 0.5) is 5.69 Å². The quantitative estimate of drug-likeness (QED) is 0.580. The minimum atomic E-state index is -0.796. The number of hydrogen-bond donors (Lipinski definition) is 2. The second-order valence-corrected chi connectivity index (χ2v) is 3.45. The molecule has 0 aliphatic carbocycles. The van der Waals surface area contributed by atoms with Gasteiger partial charge in [-0.1, -0.05) is 6.92 Å². The van der Waals surface area contributed by atoms with Crippen LogP contribution in [0.2, 0.25) is 0 Å². The lowest BCUT2D eigenvalue weighted by atomic mass is 9.98. The van der Waals surface area contributed by atoms with Gasteiger partial charge in [-0.15, -0.1) is 0 Å². The Kier molecular flexibility index (Phi) is 3.76. The van der Waals surface area contributed by atoms with Gasteiger partial charge in [0.1, 0.15) is 0 Å². The van der Waals surface area contributed by atoms with Gasteiger partial charge in [0.25, 0.3) is 5.69 Å². The Bertz CT molecular complexity index is 336. The number of nitrogens with zero attached hydrogens (tertiary/aromatic N) is 1. The van der Waals surface area contributed by atoms with Gasteiger partial charge in [-0.25, -0.2) is 0 Å². The van der Waals surface area contributed by atoms with Crippen molar-refractivity contribution in [3.8, 4) is 0 Å². The van der Waals surface area contributed by atoms with Gasteiger partial charge in [-0.2, -0.15) is 0 Å². The molecule has 5 heteroatoms. The van der Waals surface area contributed by atoms with Crippen molar-refractivity contribution in [2.75, 3.05) is 6.61 Å². The van der Waals surface area contributed by atoms with Crippen molar-refractivity contribution in [1.29, 1.82) is 0 Å². The molecule has 0 aromatic heterocycles. The topological polar surface area (TPSA) is 83.6 Å². The summed E-state index contributed by atoms with van der Waals surface area (Å²) in [5.41, 5.74) is 0.560. The monoisotopic (exact) mass is 211 g/mol. The van der Waals surface area contributed by atoms with E-state index in [1.807, 2.05) is 0 Å². The third kappa shape index (κ3) is 2.74. The molecule has 2 N–H and O–H groups in total. The van der Waals surface area contributed by atoms with Crippen molar-refractivity contribution < 1.29 is 15.1 Å². The van der Waals surface area contributed by atoms with E-state index in [-0.39, 0.29) is 18.2 Å². The molecule has 5 nitrogen and oxygen atoms in total. The Morgan fingerprint density at radius 2 is 1.93 bits per heavy atom. The Labute approximate surface area is 87.1 Å². The SMILES string of the molecule is CC(CO)C(O)c1ccc([N+](=O)[O-])cc1. The van der Waals surface area contributed by atoms with Gasteiger partial charge in [0, 0.05) is 24.7 Å². The van der Waals surface area contributed by atoms with Gasteiger partial charge in [0.05, 0.1) is 11.0 Å². The highest BCUT2D eigenvalue weighted by atomic mass is 16.6. The van der Waals surface area contributed by atoms with E-state index < -0.39 is 11.0 Å². The first-order valence-electron chi connectivity index (χ1n) is 4.59. The molecular formula is C10H13NO4. The average molecular weight is 211 g/mol. The van der Waals surface area contributed by atoms with Crippen molar-refractivity contribution in [3.63, 3.8) is 0 Å². The molecule has 0 aliphatic heterocycles. The van der Waals surface area contributed by atoms with E-state index in [2.05, 4.69) is 0 Å². The molecule has 0 saturated carbocycles. The standard InChI is InChI=1S/C10H13NO4/c1-7(6-12)10(13)8-2-4-9(5-3-8)11(14)15/h2-5,7,10,12-13H,6H2,1H3. The summed E-state index contributed by atoms with van der Waals surface area (Å²) in [7, 11) is 0. The van der Waals surface area contributed by atoms with Crippen LogP contribution in [0.1, 0.15) is 18.6 Å². The summed E-state index contributed by atoms with van der Waals surface area (Å²) in [6.45, 7) is 1.57. The molecule has 1 rings (SSSR count). The predicted octanol–water partition coefficient (Wildman–Crippen LogP) is 1.26. The van der Waals surface area contributed by atoms with Crippen molar-refractivity contribution in [2.45, 2.75) is 13.0 Å². The van der Waals surface area contributed by atoms with Gasteiger partial charge in [0.2, 0.25) is 0 Å². The highest BCUT2D eigenvalue weighted by molar-refractivity contribution is 5.33. The fourth-order valence-corrected chi connectivity index (χ4v) is 1.22. The smallest absolute Gasteiger partial charge is 0.269 e. The number of aliphatic hydroxyl groups is 2. The van der Waals surface area contributed by atoms with E-state index in [1.165, 1.54) is 24.3 Å². The van der Waals surface area contributed by atoms with Gasteiger partial charge in [0.15, 0.2) is 0 Å². The summed E-state index contributed by atoms with van der Waals surface area (Å²) in [6, 6.07) is 5.66. The van der Waals surface area contributed by atoms with E-state index in [0.717, 1.165) is 0 Å². The summed E-state index contributed by atoms with van der Waals surface area (Å²) in [4.78, 5) is 9.88. The fourth-order valence-electron chi connectivity index (χ4n) is 1.22. The molecule has 1 aromatic carbocycles. The maximum atomic E-state index is 10.4. The molecular weight excluding hydrogens is 198 g/mol. The van der Waals surface area contributed by atoms with Crippen LogP contribution in [0.25, 0.3) is 0 Å². The molecule has 82 valence electrons. The molecule has 15 heavy (non-hydrogen) atoms. The number of rotatable bonds is 4. The molecule has 0 radical (unpaired) electrons. The first kappa shape index (κ1) is 11.6. The van der Waals surface area contributed by atoms with Crippen molar-refractivity contribution >= 4 is 5.69 Å². The minimum absolute atomic E-state index is 0.0115. The zero-order valence-corrected chi connectivity index (χ0v) is 8.33. The maximum Gasteiger partial charge on any atom is 0.269 e. The van der Waals surface area contributed by atoms with E-state index in [9.17, 15) is 15.2 Å². The number of non-ortho nitro benzene ring substituents is 1. The van der Waals surface area contributed by atoms with Gasteiger partial charge < -0.3 is 10.2 Å². The molecule has 0 saturated heterocycles. The molecule has 2 unspecified atom stereocenters. The van der Waals surface area contributed by atoms with Crippen LogP contribution in [0, 0.1) is 16.0 Å². The second-order valence-electron chi connectivity index (χ2n) is 3.45. The molecule has 2 atom stereocenters. The summed E-state index contributed by atoms with van der Waals surface area (Å²) >= 11 is 0. The molecule has 0 spiro atoms. The van der Waals surface area contributed by atoms with Gasteiger partial charge >= 0.3 is 0 Å². The summed E-state index contributed by atoms with van der Waals surface area (Å²) in [6.07, 6.45) is -0.796. The number of hydrogen-bond acceptors (Lipinski definition) is 4. The predicted molar refractivity (Wildman–Crippen MR) is 54.3 cm³/mol. The van der Waals surface area contributed by atoms with Crippen LogP contribution in [0.5, 0.6) is 0 Å². The minimum Gasteiger partial charge on any atom is -0.396 e. The van der Waals surface area contributed by atoms with E-state index >= 15 is 0 Å². The zero-order valence-electron chi connectivity index (χ0n) is 8.33. The van der Waals surface area contributed by atoms with Crippen LogP contribution in [-0.4, -0.2) is 21.7 Å². The van der Waals surface area contributed by atoms with Crippen LogP contribution in [0.3, 0.4) is 0 Å². The molecule has 0 aliphatic rings. The van der Waals surface area contributed by atoms with E-state index in [1.54, 1.807) is 6.92 Å². The van der Waals surface area contributed by atoms with E-state index in [4.69, 9.17) is 5.11 Å². The first-order chi connectivity index (χ1) is 7.06. The normalized spacial score (nSPS) is 14.6. The summed E-state index contributed by atoms with van der Waals surface area (Å²) < 4.78 is 0. The third-order valence-corrected chi connectivity index (χ3v) is 2.27. The molecule has 0 heterocycles. The third-order valence-electron chi connectivity index (χ3n) is 2.27. The van der Waals surface area contributed by atoms with Crippen molar-refractivity contribution in [1.82, 2.24) is 0 Å². The van der Waals surface area contributed by atoms with Crippen LogP contribution >= 0.6 is 0 Å². The van der Waals surface area contributed by atoms with Crippen molar-refractivity contribution in [3.05, 3.63) is 39.9 Å². The molecule has 0 bridgehead atoms. The van der Waals surface area contributed by atoms with E-state index in [0.29, 0.717) is 5.56 Å². The van der Waals surface area contributed by atoms with Gasteiger partial charge in [-0.05, 0) is 17.7 Å². The fraction of sp³-hybridized carbons (Fsp3) is 0.400. The second kappa shape index (κ2) is 4.86. The summed E-state index contributed by atoms with van der Waals surface area (Å²) in [5.74, 6) is -0.286. The lowest BCUT2D eigenvalue weighted by Gasteiger charge is -2.16. The largest absolute Gasteiger partial charge is 0.396 e. The van der Waals surface area contributed by atoms with Crippen molar-refractivity contribution in [2.24, 2.45) is 5.92 Å². The Hall–Kier alpha value is -1.46. The molecule has 0 amide bonds. The maximum absolute atomic E-state index is 10.4. The lowest BCUT2D eigenvalue weighted by molar-refractivity contribution is -0.384. The number of benzene rings is 1. The number of aliphatic hydroxyl groups excluding tert-OH is 2. The highest BCUT2D eigenvalue weighted by Gasteiger charge is 2.16. The van der Waals surface area contributed by atoms with Crippen LogP contribution < -0.4 is 0 Å².